The molecule has 1 aliphatic carbocycles. The van der Waals surface area contributed by atoms with Gasteiger partial charge >= 0.3 is 4.87 Å². The quantitative estimate of drug-likeness (QED) is 0.717. The van der Waals surface area contributed by atoms with Crippen LogP contribution in [0.2, 0.25) is 0 Å². The van der Waals surface area contributed by atoms with Crippen LogP contribution in [0.15, 0.2) is 10.2 Å². The van der Waals surface area contributed by atoms with Gasteiger partial charge in [-0.3, -0.25) is 4.79 Å². The number of hydrogen-bond donors (Lipinski definition) is 3. The molecule has 0 aliphatic heterocycles. The molecule has 16 heavy (non-hydrogen) atoms. The zero-order valence-electron chi connectivity index (χ0n) is 9.37. The van der Waals surface area contributed by atoms with Gasteiger partial charge in [0.2, 0.25) is 0 Å². The molecular formula is C11H19N3OS. The van der Waals surface area contributed by atoms with E-state index in [1.54, 1.807) is 0 Å². The number of rotatable bonds is 5. The minimum atomic E-state index is 0.0255. The molecule has 0 amide bonds. The Morgan fingerprint density at radius 2 is 2.31 bits per heavy atom. The summed E-state index contributed by atoms with van der Waals surface area (Å²) in [4.78, 5) is 13.8. The van der Waals surface area contributed by atoms with Crippen LogP contribution >= 0.6 is 11.3 Å². The highest BCUT2D eigenvalue weighted by molar-refractivity contribution is 7.07. The van der Waals surface area contributed by atoms with Gasteiger partial charge in [-0.25, -0.2) is 0 Å². The molecule has 1 aliphatic rings. The lowest BCUT2D eigenvalue weighted by Crippen LogP contribution is -2.28. The summed E-state index contributed by atoms with van der Waals surface area (Å²) in [5.74, 6) is 1.41. The van der Waals surface area contributed by atoms with Gasteiger partial charge in [0.05, 0.1) is 0 Å². The van der Waals surface area contributed by atoms with E-state index in [-0.39, 0.29) is 4.87 Å². The summed E-state index contributed by atoms with van der Waals surface area (Å²) in [6.07, 6.45) is 3.87. The first-order chi connectivity index (χ1) is 7.79. The van der Waals surface area contributed by atoms with Crippen molar-refractivity contribution in [3.63, 3.8) is 0 Å². The van der Waals surface area contributed by atoms with Crippen molar-refractivity contribution < 1.29 is 0 Å². The Morgan fingerprint density at radius 1 is 1.50 bits per heavy atom. The van der Waals surface area contributed by atoms with E-state index in [2.05, 4.69) is 10.3 Å². The maximum absolute atomic E-state index is 10.9. The normalized spacial score (nSPS) is 25.1. The number of nitrogens with one attached hydrogen (secondary N) is 2. The lowest BCUT2D eigenvalue weighted by atomic mass is 9.96. The monoisotopic (exact) mass is 241 g/mol. The van der Waals surface area contributed by atoms with Crippen molar-refractivity contribution in [2.24, 2.45) is 17.6 Å². The first-order valence-corrected chi connectivity index (χ1v) is 6.75. The fourth-order valence-electron chi connectivity index (χ4n) is 2.49. The summed E-state index contributed by atoms with van der Waals surface area (Å²) < 4.78 is 0. The fraction of sp³-hybridized carbons (Fsp3) is 0.727. The Kier molecular flexibility index (Phi) is 4.15. The van der Waals surface area contributed by atoms with Gasteiger partial charge in [-0.2, -0.15) is 0 Å². The molecule has 1 aromatic rings. The number of aromatic nitrogens is 1. The van der Waals surface area contributed by atoms with Crippen LogP contribution in [0.25, 0.3) is 0 Å². The standard InChI is InChI=1S/C11H19N3OS/c12-4-8-2-1-3-9(8)5-13-6-10-7-16-11(15)14-10/h7-9,13H,1-6,12H2,(H,14,15). The predicted molar refractivity (Wildman–Crippen MR) is 66.5 cm³/mol. The molecule has 4 nitrogen and oxygen atoms in total. The molecule has 2 rings (SSSR count). The van der Waals surface area contributed by atoms with E-state index in [4.69, 9.17) is 5.73 Å². The van der Waals surface area contributed by atoms with Gasteiger partial charge in [-0.05, 0) is 37.8 Å². The first kappa shape index (κ1) is 11.8. The minimum absolute atomic E-state index is 0.0255. The van der Waals surface area contributed by atoms with E-state index in [1.807, 2.05) is 5.38 Å². The maximum Gasteiger partial charge on any atom is 0.304 e. The average Bonchev–Trinajstić information content (AvgIpc) is 2.87. The van der Waals surface area contributed by atoms with Gasteiger partial charge in [-0.15, -0.1) is 0 Å². The van der Waals surface area contributed by atoms with Crippen LogP contribution in [0.3, 0.4) is 0 Å². The van der Waals surface area contributed by atoms with Crippen molar-refractivity contribution in [3.05, 3.63) is 20.7 Å². The number of nitrogens with two attached hydrogens (primary N) is 1. The molecule has 0 saturated heterocycles. The van der Waals surface area contributed by atoms with E-state index < -0.39 is 0 Å². The second kappa shape index (κ2) is 5.61. The van der Waals surface area contributed by atoms with Crippen molar-refractivity contribution >= 4 is 11.3 Å². The molecule has 4 N–H and O–H groups in total. The average molecular weight is 241 g/mol. The number of hydrogen-bond acceptors (Lipinski definition) is 4. The van der Waals surface area contributed by atoms with E-state index >= 15 is 0 Å². The van der Waals surface area contributed by atoms with Crippen LogP contribution in [-0.4, -0.2) is 18.1 Å². The summed E-state index contributed by atoms with van der Waals surface area (Å²) in [5, 5.41) is 5.28. The molecule has 1 aromatic heterocycles. The third-order valence-corrected chi connectivity index (χ3v) is 4.13. The van der Waals surface area contributed by atoms with E-state index in [0.717, 1.165) is 31.2 Å². The third kappa shape index (κ3) is 2.93. The summed E-state index contributed by atoms with van der Waals surface area (Å²) >= 11 is 1.22. The van der Waals surface area contributed by atoms with Gasteiger partial charge in [0.25, 0.3) is 0 Å². The Morgan fingerprint density at radius 3 is 3.00 bits per heavy atom. The third-order valence-electron chi connectivity index (χ3n) is 3.41. The summed E-state index contributed by atoms with van der Waals surface area (Å²) in [6, 6.07) is 0. The second-order valence-electron chi connectivity index (χ2n) is 4.49. The lowest BCUT2D eigenvalue weighted by Gasteiger charge is -2.17. The van der Waals surface area contributed by atoms with Crippen molar-refractivity contribution in [1.82, 2.24) is 10.3 Å². The van der Waals surface area contributed by atoms with Crippen LogP contribution in [0.1, 0.15) is 25.0 Å². The minimum Gasteiger partial charge on any atom is -0.330 e. The van der Waals surface area contributed by atoms with Crippen LogP contribution < -0.4 is 15.9 Å². The summed E-state index contributed by atoms with van der Waals surface area (Å²) in [7, 11) is 0. The number of thiazole rings is 1. The smallest absolute Gasteiger partial charge is 0.304 e. The van der Waals surface area contributed by atoms with Crippen LogP contribution in [-0.2, 0) is 6.54 Å². The van der Waals surface area contributed by atoms with Crippen molar-refractivity contribution in [2.45, 2.75) is 25.8 Å². The van der Waals surface area contributed by atoms with Gasteiger partial charge in [0.15, 0.2) is 0 Å². The molecule has 1 saturated carbocycles. The molecule has 5 heteroatoms. The molecule has 2 unspecified atom stereocenters. The molecule has 0 bridgehead atoms. The molecule has 0 aromatic carbocycles. The predicted octanol–water partition coefficient (Wildman–Crippen LogP) is 0.901. The van der Waals surface area contributed by atoms with Crippen molar-refractivity contribution in [3.8, 4) is 0 Å². The van der Waals surface area contributed by atoms with Gasteiger partial charge in [-0.1, -0.05) is 17.8 Å². The Labute approximate surface area is 99.3 Å². The SMILES string of the molecule is NCC1CCCC1CNCc1csc(=O)[nH]1. The number of aromatic amines is 1. The highest BCUT2D eigenvalue weighted by Gasteiger charge is 2.25. The largest absolute Gasteiger partial charge is 0.330 e. The second-order valence-corrected chi connectivity index (χ2v) is 5.33. The zero-order valence-corrected chi connectivity index (χ0v) is 10.2. The molecule has 1 fully saturated rings. The van der Waals surface area contributed by atoms with E-state index in [1.165, 1.54) is 30.6 Å². The van der Waals surface area contributed by atoms with E-state index in [0.29, 0.717) is 5.92 Å². The summed E-state index contributed by atoms with van der Waals surface area (Å²) in [6.45, 7) is 2.58. The van der Waals surface area contributed by atoms with Crippen LogP contribution in [0.4, 0.5) is 0 Å². The molecule has 1 heterocycles. The topological polar surface area (TPSA) is 70.9 Å². The highest BCUT2D eigenvalue weighted by Crippen LogP contribution is 2.30. The lowest BCUT2D eigenvalue weighted by molar-refractivity contribution is 0.373. The highest BCUT2D eigenvalue weighted by atomic mass is 32.1. The fourth-order valence-corrected chi connectivity index (χ4v) is 3.07. The van der Waals surface area contributed by atoms with Crippen LogP contribution in [0, 0.1) is 11.8 Å². The molecule has 0 spiro atoms. The maximum atomic E-state index is 10.9. The van der Waals surface area contributed by atoms with Gasteiger partial charge < -0.3 is 16.0 Å². The van der Waals surface area contributed by atoms with E-state index in [9.17, 15) is 4.79 Å². The summed E-state index contributed by atoms with van der Waals surface area (Å²) in [5.41, 5.74) is 6.72. The number of H-pyrrole nitrogens is 1. The molecular weight excluding hydrogens is 222 g/mol. The zero-order chi connectivity index (χ0) is 11.4. The molecule has 2 atom stereocenters. The van der Waals surface area contributed by atoms with Gasteiger partial charge in [0, 0.05) is 17.6 Å². The van der Waals surface area contributed by atoms with Crippen LogP contribution in [0.5, 0.6) is 0 Å². The Bertz CT molecular complexity index is 373. The van der Waals surface area contributed by atoms with Gasteiger partial charge in [0.1, 0.15) is 0 Å². The Hall–Kier alpha value is -0.650. The first-order valence-electron chi connectivity index (χ1n) is 5.87. The molecule has 90 valence electrons. The molecule has 0 radical (unpaired) electrons. The van der Waals surface area contributed by atoms with Crippen molar-refractivity contribution in [2.75, 3.05) is 13.1 Å². The van der Waals surface area contributed by atoms with Crippen molar-refractivity contribution in [1.29, 1.82) is 0 Å². The Balaban J connectivity index is 1.73.